The third-order valence-electron chi connectivity index (χ3n) is 5.02. The Morgan fingerprint density at radius 3 is 2.52 bits per heavy atom. The van der Waals surface area contributed by atoms with Gasteiger partial charge in [0.15, 0.2) is 0 Å². The van der Waals surface area contributed by atoms with Gasteiger partial charge in [-0.15, -0.1) is 0 Å². The molecular weight excluding hydrogens is 394 g/mol. The molecule has 0 spiro atoms. The van der Waals surface area contributed by atoms with Gasteiger partial charge in [0.2, 0.25) is 10.0 Å². The second-order valence-corrected chi connectivity index (χ2v) is 8.78. The monoisotopic (exact) mass is 419 g/mol. The first-order valence-electron chi connectivity index (χ1n) is 9.31. The molecule has 156 valence electrons. The number of rotatable bonds is 7. The van der Waals surface area contributed by atoms with E-state index in [0.717, 1.165) is 25.2 Å². The van der Waals surface area contributed by atoms with E-state index in [1.807, 2.05) is 0 Å². The molecule has 3 rings (SSSR count). The van der Waals surface area contributed by atoms with E-state index in [4.69, 9.17) is 10.9 Å². The maximum Gasteiger partial charge on any atom is 0.261 e. The van der Waals surface area contributed by atoms with Crippen molar-refractivity contribution in [2.75, 3.05) is 19.6 Å². The summed E-state index contributed by atoms with van der Waals surface area (Å²) in [6.07, 6.45) is 1.05. The zero-order chi connectivity index (χ0) is 21.0. The molecule has 1 amide bonds. The minimum Gasteiger partial charge on any atom is -0.348 e. The highest BCUT2D eigenvalue weighted by atomic mass is 32.2. The van der Waals surface area contributed by atoms with Crippen LogP contribution in [0.2, 0.25) is 0 Å². The average Bonchev–Trinajstić information content (AvgIpc) is 3.13. The fourth-order valence-corrected chi connectivity index (χ4v) is 3.87. The summed E-state index contributed by atoms with van der Waals surface area (Å²) >= 11 is 0. The highest BCUT2D eigenvalue weighted by molar-refractivity contribution is 7.89. The quantitative estimate of drug-likeness (QED) is 0.485. The number of primary sulfonamides is 1. The number of carbonyl (C=O) groups is 1. The maximum atomic E-state index is 12.3. The lowest BCUT2D eigenvalue weighted by atomic mass is 10.1. The van der Waals surface area contributed by atoms with Crippen LogP contribution in [0, 0.1) is 5.92 Å². The van der Waals surface area contributed by atoms with Gasteiger partial charge in [-0.3, -0.25) is 14.5 Å². The minimum atomic E-state index is -3.76. The Hall–Kier alpha value is -2.53. The summed E-state index contributed by atoms with van der Waals surface area (Å²) in [4.78, 5) is 29.6. The van der Waals surface area contributed by atoms with Crippen LogP contribution >= 0.6 is 0 Å². The third kappa shape index (κ3) is 5.51. The number of carbonyl (C=O) groups excluding carboxylic acids is 1. The predicted octanol–water partition coefficient (Wildman–Crippen LogP) is -0.267. The van der Waals surface area contributed by atoms with Gasteiger partial charge >= 0.3 is 0 Å². The van der Waals surface area contributed by atoms with Crippen molar-refractivity contribution in [2.24, 2.45) is 16.8 Å². The van der Waals surface area contributed by atoms with E-state index in [1.54, 1.807) is 18.2 Å². The summed E-state index contributed by atoms with van der Waals surface area (Å²) in [5, 5.41) is 7.71. The summed E-state index contributed by atoms with van der Waals surface area (Å²) in [5.74, 6) is -0.0107. The molecule has 1 aliphatic heterocycles. The van der Waals surface area contributed by atoms with Crippen molar-refractivity contribution in [3.8, 4) is 0 Å². The van der Waals surface area contributed by atoms with Crippen LogP contribution in [0.4, 0.5) is 0 Å². The number of likely N-dealkylation sites (tertiary alicyclic amines) is 1. The molecule has 10 heteroatoms. The lowest BCUT2D eigenvalue weighted by Crippen LogP contribution is -2.30. The Balaban J connectivity index is 1.59. The topological polar surface area (TPSA) is 151 Å². The standard InChI is InChI=1S/C19H25N5O4S/c20-9-14-7-8-24(11-14)12-15-3-6-17(19(26)23-15)18(25)22-10-13-1-4-16(5-2-13)29(21,27)28/h1-6,14H,7-12,20H2,(H,22,25)(H,23,26)(H2,21,27,28). The lowest BCUT2D eigenvalue weighted by molar-refractivity contribution is 0.0949. The fraction of sp³-hybridized carbons (Fsp3) is 0.368. The van der Waals surface area contributed by atoms with Crippen molar-refractivity contribution in [2.45, 2.75) is 24.4 Å². The normalized spacial score (nSPS) is 17.4. The van der Waals surface area contributed by atoms with Gasteiger partial charge in [0.1, 0.15) is 5.56 Å². The summed E-state index contributed by atoms with van der Waals surface area (Å²) < 4.78 is 22.5. The van der Waals surface area contributed by atoms with E-state index in [2.05, 4.69) is 15.2 Å². The Morgan fingerprint density at radius 1 is 1.21 bits per heavy atom. The van der Waals surface area contributed by atoms with Gasteiger partial charge in [-0.1, -0.05) is 12.1 Å². The predicted molar refractivity (Wildman–Crippen MR) is 108 cm³/mol. The Kier molecular flexibility index (Phi) is 6.48. The van der Waals surface area contributed by atoms with Gasteiger partial charge in [0, 0.05) is 25.3 Å². The number of pyridine rings is 1. The minimum absolute atomic E-state index is 0.00426. The molecule has 1 fully saturated rings. The Labute approximate surface area is 169 Å². The molecule has 9 nitrogen and oxygen atoms in total. The Bertz CT molecular complexity index is 1030. The van der Waals surface area contributed by atoms with Crippen LogP contribution < -0.4 is 21.7 Å². The number of benzene rings is 1. The number of hydrogen-bond acceptors (Lipinski definition) is 6. The van der Waals surface area contributed by atoms with Crippen LogP contribution in [0.25, 0.3) is 0 Å². The molecule has 0 saturated carbocycles. The van der Waals surface area contributed by atoms with Gasteiger partial charge in [-0.05, 0) is 55.3 Å². The van der Waals surface area contributed by atoms with E-state index < -0.39 is 21.5 Å². The largest absolute Gasteiger partial charge is 0.348 e. The van der Waals surface area contributed by atoms with Gasteiger partial charge < -0.3 is 16.0 Å². The van der Waals surface area contributed by atoms with Crippen molar-refractivity contribution >= 4 is 15.9 Å². The Morgan fingerprint density at radius 2 is 1.93 bits per heavy atom. The smallest absolute Gasteiger partial charge is 0.261 e. The van der Waals surface area contributed by atoms with Crippen LogP contribution in [0.1, 0.15) is 28.0 Å². The number of aromatic nitrogens is 1. The number of nitrogens with two attached hydrogens (primary N) is 2. The number of H-pyrrole nitrogens is 1. The molecule has 2 aromatic rings. The van der Waals surface area contributed by atoms with Crippen molar-refractivity contribution in [1.29, 1.82) is 0 Å². The third-order valence-corrected chi connectivity index (χ3v) is 5.95. The number of nitrogens with one attached hydrogen (secondary N) is 2. The van der Waals surface area contributed by atoms with Crippen molar-refractivity contribution < 1.29 is 13.2 Å². The molecule has 1 saturated heterocycles. The second-order valence-electron chi connectivity index (χ2n) is 7.22. The van der Waals surface area contributed by atoms with Crippen molar-refractivity contribution in [3.63, 3.8) is 0 Å². The van der Waals surface area contributed by atoms with E-state index in [-0.39, 0.29) is 17.0 Å². The highest BCUT2D eigenvalue weighted by Gasteiger charge is 2.21. The molecule has 1 aliphatic rings. The molecule has 1 aromatic heterocycles. The van der Waals surface area contributed by atoms with Crippen LogP contribution in [-0.4, -0.2) is 43.8 Å². The summed E-state index contributed by atoms with van der Waals surface area (Å²) in [7, 11) is -3.76. The zero-order valence-electron chi connectivity index (χ0n) is 15.9. The molecule has 0 bridgehead atoms. The number of sulfonamides is 1. The first-order chi connectivity index (χ1) is 13.8. The molecule has 2 heterocycles. The van der Waals surface area contributed by atoms with Crippen LogP contribution in [-0.2, 0) is 23.1 Å². The van der Waals surface area contributed by atoms with Crippen LogP contribution in [0.15, 0.2) is 46.1 Å². The summed E-state index contributed by atoms with van der Waals surface area (Å²) in [5.41, 5.74) is 6.72. The lowest BCUT2D eigenvalue weighted by Gasteiger charge is -2.15. The SMILES string of the molecule is NCC1CCN(Cc2ccc(C(=O)NCc3ccc(S(N)(=O)=O)cc3)c(=O)[nH]2)C1. The molecule has 1 atom stereocenters. The second kappa shape index (κ2) is 8.87. The summed E-state index contributed by atoms with van der Waals surface area (Å²) in [6.45, 7) is 3.28. The zero-order valence-corrected chi connectivity index (χ0v) is 16.7. The highest BCUT2D eigenvalue weighted by Crippen LogP contribution is 2.16. The molecule has 6 N–H and O–H groups in total. The number of hydrogen-bond donors (Lipinski definition) is 4. The number of amides is 1. The van der Waals surface area contributed by atoms with E-state index >= 15 is 0 Å². The first kappa shape index (κ1) is 21.2. The molecule has 0 aliphatic carbocycles. The molecule has 0 radical (unpaired) electrons. The van der Waals surface area contributed by atoms with E-state index in [0.29, 0.717) is 24.6 Å². The number of nitrogens with zero attached hydrogens (tertiary/aromatic N) is 1. The fourth-order valence-electron chi connectivity index (χ4n) is 3.35. The van der Waals surface area contributed by atoms with Crippen LogP contribution in [0.3, 0.4) is 0 Å². The van der Waals surface area contributed by atoms with Gasteiger partial charge in [0.05, 0.1) is 4.90 Å². The molecule has 29 heavy (non-hydrogen) atoms. The van der Waals surface area contributed by atoms with Gasteiger partial charge in [0.25, 0.3) is 11.5 Å². The maximum absolute atomic E-state index is 12.3. The van der Waals surface area contributed by atoms with Gasteiger partial charge in [-0.25, -0.2) is 13.6 Å². The summed E-state index contributed by atoms with van der Waals surface area (Å²) in [6, 6.07) is 9.10. The number of aromatic amines is 1. The van der Waals surface area contributed by atoms with Crippen molar-refractivity contribution in [1.82, 2.24) is 15.2 Å². The molecule has 1 unspecified atom stereocenters. The average molecular weight is 420 g/mol. The molecular formula is C19H25N5O4S. The van der Waals surface area contributed by atoms with Crippen molar-refractivity contribution in [3.05, 3.63) is 63.6 Å². The van der Waals surface area contributed by atoms with E-state index in [1.165, 1.54) is 18.2 Å². The van der Waals surface area contributed by atoms with E-state index in [9.17, 15) is 18.0 Å². The van der Waals surface area contributed by atoms with Crippen LogP contribution in [0.5, 0.6) is 0 Å². The molecule has 1 aromatic carbocycles. The van der Waals surface area contributed by atoms with Gasteiger partial charge in [-0.2, -0.15) is 0 Å². The first-order valence-corrected chi connectivity index (χ1v) is 10.9.